The van der Waals surface area contributed by atoms with E-state index in [-0.39, 0.29) is 42.3 Å². The van der Waals surface area contributed by atoms with E-state index in [0.717, 1.165) is 36.4 Å². The first-order valence-corrected chi connectivity index (χ1v) is 15.0. The van der Waals surface area contributed by atoms with Gasteiger partial charge in [-0.25, -0.2) is 18.0 Å². The SMILES string of the molecule is CCOC(=O)c1nn(CC(=O)NC(Cc2cc(F)cc(F)c2)c2ncccc2-c2ccc(F)c(C(N)=O)c2)c(C(C)CC)c1CC. The third-order valence-corrected chi connectivity index (χ3v) is 7.70. The van der Waals surface area contributed by atoms with Crippen LogP contribution in [0.4, 0.5) is 13.2 Å². The molecular formula is C34H36F3N5O4. The normalized spacial score (nSPS) is 12.4. The number of carbonyl (C=O) groups excluding carboxylic acids is 3. The van der Waals surface area contributed by atoms with Crippen molar-refractivity contribution in [1.29, 1.82) is 0 Å². The smallest absolute Gasteiger partial charge is 0.359 e. The molecule has 2 aromatic carbocycles. The van der Waals surface area contributed by atoms with Crippen LogP contribution in [0.25, 0.3) is 11.1 Å². The van der Waals surface area contributed by atoms with Crippen LogP contribution in [0.1, 0.15) is 89.4 Å². The van der Waals surface area contributed by atoms with Gasteiger partial charge in [-0.05, 0) is 73.6 Å². The second-order valence-electron chi connectivity index (χ2n) is 10.9. The molecule has 2 atom stereocenters. The average Bonchev–Trinajstić information content (AvgIpc) is 3.38. The van der Waals surface area contributed by atoms with Crippen molar-refractivity contribution in [2.45, 2.75) is 65.5 Å². The number of benzene rings is 2. The molecule has 0 saturated carbocycles. The molecule has 0 radical (unpaired) electrons. The Labute approximate surface area is 265 Å². The van der Waals surface area contributed by atoms with Crippen LogP contribution >= 0.6 is 0 Å². The van der Waals surface area contributed by atoms with Crippen LogP contribution in [0.3, 0.4) is 0 Å². The monoisotopic (exact) mass is 635 g/mol. The molecule has 2 aromatic heterocycles. The van der Waals surface area contributed by atoms with Crippen LogP contribution in [0.15, 0.2) is 54.7 Å². The number of rotatable bonds is 13. The number of nitrogens with one attached hydrogen (secondary N) is 1. The summed E-state index contributed by atoms with van der Waals surface area (Å²) in [6.45, 7) is 7.44. The van der Waals surface area contributed by atoms with Gasteiger partial charge < -0.3 is 15.8 Å². The van der Waals surface area contributed by atoms with Gasteiger partial charge in [0.25, 0.3) is 5.91 Å². The van der Waals surface area contributed by atoms with Gasteiger partial charge in [-0.15, -0.1) is 0 Å². The maximum atomic E-state index is 14.3. The summed E-state index contributed by atoms with van der Waals surface area (Å²) < 4.78 is 49.4. The molecule has 4 rings (SSSR count). The fraction of sp³-hybridized carbons (Fsp3) is 0.324. The maximum Gasteiger partial charge on any atom is 0.359 e. The van der Waals surface area contributed by atoms with Gasteiger partial charge in [-0.2, -0.15) is 5.10 Å². The van der Waals surface area contributed by atoms with Crippen LogP contribution in [-0.4, -0.2) is 39.2 Å². The highest BCUT2D eigenvalue weighted by Gasteiger charge is 2.28. The van der Waals surface area contributed by atoms with Crippen molar-refractivity contribution < 1.29 is 32.3 Å². The van der Waals surface area contributed by atoms with E-state index in [1.807, 2.05) is 20.8 Å². The van der Waals surface area contributed by atoms with Gasteiger partial charge in [-0.3, -0.25) is 19.3 Å². The molecule has 3 N–H and O–H groups in total. The number of primary amides is 1. The Balaban J connectivity index is 1.77. The van der Waals surface area contributed by atoms with E-state index in [0.29, 0.717) is 28.8 Å². The predicted octanol–water partition coefficient (Wildman–Crippen LogP) is 5.81. The molecule has 0 aliphatic rings. The van der Waals surface area contributed by atoms with Crippen molar-refractivity contribution in [2.75, 3.05) is 6.61 Å². The average molecular weight is 636 g/mol. The van der Waals surface area contributed by atoms with E-state index in [1.54, 1.807) is 19.1 Å². The van der Waals surface area contributed by atoms with Gasteiger partial charge in [0, 0.05) is 29.1 Å². The Hall–Kier alpha value is -5.00. The number of hydrogen-bond donors (Lipinski definition) is 2. The molecule has 2 amide bonds. The summed E-state index contributed by atoms with van der Waals surface area (Å²) in [5.74, 6) is -4.48. The number of halogens is 3. The van der Waals surface area contributed by atoms with Crippen LogP contribution < -0.4 is 11.1 Å². The molecule has 2 unspecified atom stereocenters. The van der Waals surface area contributed by atoms with Crippen LogP contribution in [0, 0.1) is 17.5 Å². The molecule has 0 aliphatic carbocycles. The first kappa shape index (κ1) is 33.9. The standard InChI is InChI=1S/C34H36F3N5O4/c1-5-19(4)32-24(6-2)31(34(45)46-7-3)41-42(32)18-29(43)40-28(15-20-13-22(35)17-23(36)14-20)30-25(9-8-12-39-30)21-10-11-27(37)26(16-21)33(38)44/h8-14,16-17,19,28H,5-7,15,18H2,1-4H3,(H2,38,44)(H,40,43). The lowest BCUT2D eigenvalue weighted by Gasteiger charge is -2.22. The Morgan fingerprint density at radius 3 is 2.37 bits per heavy atom. The number of nitrogens with zero attached hydrogens (tertiary/aromatic N) is 3. The summed E-state index contributed by atoms with van der Waals surface area (Å²) in [5, 5.41) is 7.41. The van der Waals surface area contributed by atoms with Gasteiger partial charge in [0.15, 0.2) is 5.69 Å². The largest absolute Gasteiger partial charge is 0.461 e. The molecular weight excluding hydrogens is 599 g/mol. The number of pyridine rings is 1. The zero-order valence-electron chi connectivity index (χ0n) is 26.1. The van der Waals surface area contributed by atoms with Crippen LogP contribution in [0.2, 0.25) is 0 Å². The number of esters is 1. The predicted molar refractivity (Wildman–Crippen MR) is 165 cm³/mol. The molecule has 0 saturated heterocycles. The lowest BCUT2D eigenvalue weighted by molar-refractivity contribution is -0.122. The fourth-order valence-electron chi connectivity index (χ4n) is 5.47. The fourth-order valence-corrected chi connectivity index (χ4v) is 5.47. The Bertz CT molecular complexity index is 1740. The highest BCUT2D eigenvalue weighted by Crippen LogP contribution is 2.31. The molecule has 2 heterocycles. The minimum absolute atomic E-state index is 0.0372. The molecule has 0 fully saturated rings. The second-order valence-corrected chi connectivity index (χ2v) is 10.9. The number of aromatic nitrogens is 3. The van der Waals surface area contributed by atoms with E-state index in [2.05, 4.69) is 15.4 Å². The van der Waals surface area contributed by atoms with Crippen LogP contribution in [0.5, 0.6) is 0 Å². The lowest BCUT2D eigenvalue weighted by Crippen LogP contribution is -2.34. The van der Waals surface area contributed by atoms with E-state index in [9.17, 15) is 27.6 Å². The topological polar surface area (TPSA) is 129 Å². The van der Waals surface area contributed by atoms with Gasteiger partial charge in [0.05, 0.1) is 23.9 Å². The summed E-state index contributed by atoms with van der Waals surface area (Å²) in [6.07, 6.45) is 2.63. The molecule has 0 bridgehead atoms. The number of carbonyl (C=O) groups is 3. The highest BCUT2D eigenvalue weighted by molar-refractivity contribution is 5.94. The number of amides is 2. The molecule has 9 nitrogen and oxygen atoms in total. The van der Waals surface area contributed by atoms with Gasteiger partial charge in [-0.1, -0.05) is 32.9 Å². The quantitative estimate of drug-likeness (QED) is 0.178. The van der Waals surface area contributed by atoms with Crippen LogP contribution in [-0.2, 0) is 28.9 Å². The van der Waals surface area contributed by atoms with E-state index < -0.39 is 41.3 Å². The second kappa shape index (κ2) is 14.9. The Morgan fingerprint density at radius 1 is 1.02 bits per heavy atom. The summed E-state index contributed by atoms with van der Waals surface area (Å²) in [6, 6.07) is 9.22. The molecule has 4 aromatic rings. The van der Waals surface area contributed by atoms with Crippen molar-refractivity contribution in [3.63, 3.8) is 0 Å². The summed E-state index contributed by atoms with van der Waals surface area (Å²) in [7, 11) is 0. The zero-order chi connectivity index (χ0) is 33.5. The molecule has 46 heavy (non-hydrogen) atoms. The minimum Gasteiger partial charge on any atom is -0.461 e. The molecule has 242 valence electrons. The summed E-state index contributed by atoms with van der Waals surface area (Å²) >= 11 is 0. The van der Waals surface area contributed by atoms with E-state index >= 15 is 0 Å². The number of hydrogen-bond acceptors (Lipinski definition) is 6. The summed E-state index contributed by atoms with van der Waals surface area (Å²) in [5.41, 5.74) is 7.98. The van der Waals surface area contributed by atoms with Gasteiger partial charge in [0.1, 0.15) is 24.0 Å². The molecule has 0 spiro atoms. The Morgan fingerprint density at radius 2 is 1.74 bits per heavy atom. The third kappa shape index (κ3) is 7.61. The van der Waals surface area contributed by atoms with E-state index in [1.165, 1.54) is 23.0 Å². The number of nitrogens with two attached hydrogens (primary N) is 1. The van der Waals surface area contributed by atoms with Crippen molar-refractivity contribution >= 4 is 17.8 Å². The molecule has 12 heteroatoms. The zero-order valence-corrected chi connectivity index (χ0v) is 26.1. The molecule has 0 aliphatic heterocycles. The van der Waals surface area contributed by atoms with Crippen molar-refractivity contribution in [3.05, 3.63) is 106 Å². The number of ether oxygens (including phenoxy) is 1. The van der Waals surface area contributed by atoms with Crippen molar-refractivity contribution in [1.82, 2.24) is 20.1 Å². The van der Waals surface area contributed by atoms with Gasteiger partial charge in [0.2, 0.25) is 5.91 Å². The first-order chi connectivity index (χ1) is 22.0. The van der Waals surface area contributed by atoms with E-state index in [4.69, 9.17) is 10.5 Å². The highest BCUT2D eigenvalue weighted by atomic mass is 19.1. The van der Waals surface area contributed by atoms with Gasteiger partial charge >= 0.3 is 5.97 Å². The Kier molecular flexibility index (Phi) is 10.9. The lowest BCUT2D eigenvalue weighted by atomic mass is 9.94. The summed E-state index contributed by atoms with van der Waals surface area (Å²) in [4.78, 5) is 42.9. The minimum atomic E-state index is -0.963. The maximum absolute atomic E-state index is 14.3. The van der Waals surface area contributed by atoms with Crippen molar-refractivity contribution in [2.24, 2.45) is 5.73 Å². The van der Waals surface area contributed by atoms with Crippen molar-refractivity contribution in [3.8, 4) is 11.1 Å². The third-order valence-electron chi connectivity index (χ3n) is 7.70. The first-order valence-electron chi connectivity index (χ1n) is 15.0.